The molecular weight excluding hydrogens is 284 g/mol. The van der Waals surface area contributed by atoms with E-state index in [0.29, 0.717) is 12.1 Å². The SMILES string of the molecule is CCc1nn(CC)c(CN2CCCC2C2CCCN2)c1Cl. The first-order valence-electron chi connectivity index (χ1n) is 8.46. The third-order valence-corrected chi connectivity index (χ3v) is 5.46. The van der Waals surface area contributed by atoms with Gasteiger partial charge >= 0.3 is 0 Å². The second-order valence-corrected chi connectivity index (χ2v) is 6.64. The molecule has 0 spiro atoms. The first kappa shape index (κ1) is 15.3. The molecule has 0 radical (unpaired) electrons. The van der Waals surface area contributed by atoms with Crippen molar-refractivity contribution in [2.75, 3.05) is 13.1 Å². The molecule has 2 atom stereocenters. The lowest BCUT2D eigenvalue weighted by atomic mass is 10.0. The second-order valence-electron chi connectivity index (χ2n) is 6.26. The monoisotopic (exact) mass is 310 g/mol. The molecular formula is C16H27ClN4. The predicted molar refractivity (Wildman–Crippen MR) is 86.7 cm³/mol. The summed E-state index contributed by atoms with van der Waals surface area (Å²) in [6.45, 7) is 8.49. The van der Waals surface area contributed by atoms with Gasteiger partial charge in [-0.3, -0.25) is 9.58 Å². The van der Waals surface area contributed by atoms with Gasteiger partial charge in [-0.15, -0.1) is 0 Å². The Kier molecular flexibility index (Phi) is 4.87. The van der Waals surface area contributed by atoms with Gasteiger partial charge in [0, 0.05) is 25.2 Å². The summed E-state index contributed by atoms with van der Waals surface area (Å²) in [5.41, 5.74) is 2.25. The van der Waals surface area contributed by atoms with Crippen LogP contribution in [0.3, 0.4) is 0 Å². The van der Waals surface area contributed by atoms with Crippen LogP contribution in [-0.2, 0) is 19.5 Å². The zero-order chi connectivity index (χ0) is 14.8. The van der Waals surface area contributed by atoms with Gasteiger partial charge in [0.15, 0.2) is 0 Å². The molecule has 2 unspecified atom stereocenters. The maximum Gasteiger partial charge on any atom is 0.0863 e. The maximum atomic E-state index is 6.57. The highest BCUT2D eigenvalue weighted by Gasteiger charge is 2.34. The van der Waals surface area contributed by atoms with Crippen molar-refractivity contribution in [2.24, 2.45) is 0 Å². The molecule has 3 rings (SSSR count). The van der Waals surface area contributed by atoms with Crippen LogP contribution in [0.2, 0.25) is 5.02 Å². The number of nitrogens with zero attached hydrogens (tertiary/aromatic N) is 3. The second kappa shape index (κ2) is 6.67. The van der Waals surface area contributed by atoms with Gasteiger partial charge in [-0.2, -0.15) is 5.10 Å². The third kappa shape index (κ3) is 2.99. The molecule has 0 bridgehead atoms. The molecule has 0 saturated carbocycles. The molecule has 0 aromatic carbocycles. The van der Waals surface area contributed by atoms with Gasteiger partial charge in [0.25, 0.3) is 0 Å². The highest BCUT2D eigenvalue weighted by Crippen LogP contribution is 2.29. The van der Waals surface area contributed by atoms with Crippen LogP contribution in [0.4, 0.5) is 0 Å². The quantitative estimate of drug-likeness (QED) is 0.908. The zero-order valence-electron chi connectivity index (χ0n) is 13.2. The minimum absolute atomic E-state index is 0.675. The number of aromatic nitrogens is 2. The Morgan fingerprint density at radius 2 is 2.14 bits per heavy atom. The van der Waals surface area contributed by atoms with Crippen molar-refractivity contribution in [3.63, 3.8) is 0 Å². The van der Waals surface area contributed by atoms with Gasteiger partial charge in [0.1, 0.15) is 0 Å². The lowest BCUT2D eigenvalue weighted by Gasteiger charge is -2.29. The number of nitrogens with one attached hydrogen (secondary N) is 1. The lowest BCUT2D eigenvalue weighted by molar-refractivity contribution is 0.201. The van der Waals surface area contributed by atoms with E-state index in [-0.39, 0.29) is 0 Å². The fourth-order valence-corrected chi connectivity index (χ4v) is 4.23. The van der Waals surface area contributed by atoms with Crippen LogP contribution in [0.5, 0.6) is 0 Å². The summed E-state index contributed by atoms with van der Waals surface area (Å²) in [5, 5.41) is 9.22. The van der Waals surface area contributed by atoms with Crippen molar-refractivity contribution in [1.29, 1.82) is 0 Å². The fourth-order valence-electron chi connectivity index (χ4n) is 3.90. The largest absolute Gasteiger partial charge is 0.312 e. The number of hydrogen-bond acceptors (Lipinski definition) is 3. The lowest BCUT2D eigenvalue weighted by Crippen LogP contribution is -2.43. The fraction of sp³-hybridized carbons (Fsp3) is 0.812. The van der Waals surface area contributed by atoms with Crippen LogP contribution < -0.4 is 5.32 Å². The van der Waals surface area contributed by atoms with Crippen LogP contribution in [0.25, 0.3) is 0 Å². The molecule has 2 saturated heterocycles. The standard InChI is InChI=1S/C16H27ClN4/c1-3-12-16(17)15(21(4-2)19-12)11-20-10-6-8-14(20)13-7-5-9-18-13/h13-14,18H,3-11H2,1-2H3. The van der Waals surface area contributed by atoms with Crippen molar-refractivity contribution in [2.45, 2.75) is 71.1 Å². The number of rotatable bonds is 5. The van der Waals surface area contributed by atoms with Crippen molar-refractivity contribution < 1.29 is 0 Å². The van der Waals surface area contributed by atoms with Crippen LogP contribution in [0.15, 0.2) is 0 Å². The van der Waals surface area contributed by atoms with Gasteiger partial charge in [-0.05, 0) is 52.1 Å². The van der Waals surface area contributed by atoms with E-state index >= 15 is 0 Å². The van der Waals surface area contributed by atoms with Gasteiger partial charge in [-0.1, -0.05) is 18.5 Å². The summed E-state index contributed by atoms with van der Waals surface area (Å²) in [4.78, 5) is 2.62. The average Bonchev–Trinajstić information content (AvgIpc) is 3.21. The molecule has 2 aliphatic rings. The van der Waals surface area contributed by atoms with Crippen LogP contribution in [-0.4, -0.2) is 39.9 Å². The van der Waals surface area contributed by atoms with Crippen molar-refractivity contribution in [1.82, 2.24) is 20.0 Å². The Bertz CT molecular complexity index is 479. The van der Waals surface area contributed by atoms with E-state index in [9.17, 15) is 0 Å². The summed E-state index contributed by atoms with van der Waals surface area (Å²) >= 11 is 6.57. The molecule has 1 N–H and O–H groups in total. The number of likely N-dealkylation sites (tertiary alicyclic amines) is 1. The number of halogens is 1. The summed E-state index contributed by atoms with van der Waals surface area (Å²) in [6.07, 6.45) is 6.18. The molecule has 21 heavy (non-hydrogen) atoms. The van der Waals surface area contributed by atoms with Crippen molar-refractivity contribution in [3.05, 3.63) is 16.4 Å². The Morgan fingerprint density at radius 1 is 1.29 bits per heavy atom. The Morgan fingerprint density at radius 3 is 2.81 bits per heavy atom. The highest BCUT2D eigenvalue weighted by molar-refractivity contribution is 6.31. The summed E-state index contributed by atoms with van der Waals surface area (Å²) in [5.74, 6) is 0. The Balaban J connectivity index is 1.77. The summed E-state index contributed by atoms with van der Waals surface area (Å²) < 4.78 is 2.10. The van der Waals surface area contributed by atoms with E-state index in [1.807, 2.05) is 0 Å². The van der Waals surface area contributed by atoms with E-state index in [0.717, 1.165) is 30.2 Å². The van der Waals surface area contributed by atoms with Gasteiger partial charge in [0.05, 0.1) is 16.4 Å². The first-order valence-corrected chi connectivity index (χ1v) is 8.83. The molecule has 2 aliphatic heterocycles. The maximum absolute atomic E-state index is 6.57. The Hall–Kier alpha value is -0.580. The molecule has 1 aromatic heterocycles. The zero-order valence-corrected chi connectivity index (χ0v) is 14.0. The molecule has 0 amide bonds. The van der Waals surface area contributed by atoms with Gasteiger partial charge in [-0.25, -0.2) is 0 Å². The highest BCUT2D eigenvalue weighted by atomic mass is 35.5. The van der Waals surface area contributed by atoms with Crippen LogP contribution >= 0.6 is 11.6 Å². The summed E-state index contributed by atoms with van der Waals surface area (Å²) in [7, 11) is 0. The van der Waals surface area contributed by atoms with Gasteiger partial charge < -0.3 is 5.32 Å². The molecule has 1 aromatic rings. The molecule has 4 nitrogen and oxygen atoms in total. The normalized spacial score (nSPS) is 26.8. The molecule has 2 fully saturated rings. The average molecular weight is 311 g/mol. The van der Waals surface area contributed by atoms with E-state index < -0.39 is 0 Å². The smallest absolute Gasteiger partial charge is 0.0863 e. The minimum atomic E-state index is 0.675. The van der Waals surface area contributed by atoms with E-state index in [2.05, 4.69) is 33.8 Å². The van der Waals surface area contributed by atoms with E-state index in [1.54, 1.807) is 0 Å². The predicted octanol–water partition coefficient (Wildman–Crippen LogP) is 2.84. The molecule has 5 heteroatoms. The number of hydrogen-bond donors (Lipinski definition) is 1. The van der Waals surface area contributed by atoms with Crippen molar-refractivity contribution >= 4 is 11.6 Å². The molecule has 0 aliphatic carbocycles. The van der Waals surface area contributed by atoms with Crippen LogP contribution in [0, 0.1) is 0 Å². The van der Waals surface area contributed by atoms with E-state index in [4.69, 9.17) is 11.6 Å². The number of aryl methyl sites for hydroxylation is 2. The Labute approximate surface area is 132 Å². The molecule has 3 heterocycles. The van der Waals surface area contributed by atoms with Gasteiger partial charge in [0.2, 0.25) is 0 Å². The van der Waals surface area contributed by atoms with Crippen LogP contribution in [0.1, 0.15) is 50.9 Å². The summed E-state index contributed by atoms with van der Waals surface area (Å²) in [6, 6.07) is 1.35. The third-order valence-electron chi connectivity index (χ3n) is 5.02. The molecule has 118 valence electrons. The van der Waals surface area contributed by atoms with Crippen molar-refractivity contribution in [3.8, 4) is 0 Å². The van der Waals surface area contributed by atoms with E-state index in [1.165, 1.54) is 44.5 Å². The topological polar surface area (TPSA) is 33.1 Å². The minimum Gasteiger partial charge on any atom is -0.312 e. The first-order chi connectivity index (χ1) is 10.2.